The first-order valence-corrected chi connectivity index (χ1v) is 7.44. The van der Waals surface area contributed by atoms with Crippen LogP contribution in [-0.4, -0.2) is 30.8 Å². The van der Waals surface area contributed by atoms with E-state index in [4.69, 9.17) is 9.47 Å². The highest BCUT2D eigenvalue weighted by molar-refractivity contribution is 5.70. The van der Waals surface area contributed by atoms with E-state index in [1.54, 1.807) is 0 Å². The van der Waals surface area contributed by atoms with Gasteiger partial charge in [0.25, 0.3) is 0 Å². The molecule has 0 aromatic heterocycles. The van der Waals surface area contributed by atoms with E-state index in [0.717, 1.165) is 19.3 Å². The van der Waals surface area contributed by atoms with Crippen LogP contribution in [0.2, 0.25) is 0 Å². The van der Waals surface area contributed by atoms with Crippen LogP contribution in [0.1, 0.15) is 53.4 Å². The van der Waals surface area contributed by atoms with Crippen LogP contribution in [0.5, 0.6) is 0 Å². The quantitative estimate of drug-likeness (QED) is 0.789. The molecule has 0 saturated heterocycles. The maximum atomic E-state index is 11.6. The number of ether oxygens (including phenoxy) is 2. The summed E-state index contributed by atoms with van der Waals surface area (Å²) < 4.78 is 10.2. The molecule has 0 aliphatic heterocycles. The Morgan fingerprint density at radius 3 is 2.45 bits per heavy atom. The highest BCUT2D eigenvalue weighted by atomic mass is 16.6. The second kappa shape index (κ2) is 7.50. The standard InChI is InChI=1S/C15H27NO4/c1-5-19-13(17)9-11-7-6-8-12(11)10-16-14(18)20-15(2,3)4/h11-12H,5-10H2,1-4H3,(H,16,18). The number of carbonyl (C=O) groups is 2. The third-order valence-corrected chi connectivity index (χ3v) is 3.46. The lowest BCUT2D eigenvalue weighted by molar-refractivity contribution is -0.144. The van der Waals surface area contributed by atoms with Crippen molar-refractivity contribution in [3.05, 3.63) is 0 Å². The zero-order chi connectivity index (χ0) is 15.2. The fourth-order valence-corrected chi connectivity index (χ4v) is 2.61. The lowest BCUT2D eigenvalue weighted by Crippen LogP contribution is -2.36. The van der Waals surface area contributed by atoms with Gasteiger partial charge in [-0.25, -0.2) is 4.79 Å². The predicted molar refractivity (Wildman–Crippen MR) is 76.3 cm³/mol. The minimum atomic E-state index is -0.482. The third kappa shape index (κ3) is 6.26. The summed E-state index contributed by atoms with van der Waals surface area (Å²) in [5, 5.41) is 2.80. The summed E-state index contributed by atoms with van der Waals surface area (Å²) in [5.41, 5.74) is -0.482. The Bertz CT molecular complexity index is 335. The van der Waals surface area contributed by atoms with Gasteiger partial charge in [0.05, 0.1) is 6.61 Å². The summed E-state index contributed by atoms with van der Waals surface area (Å²) in [6, 6.07) is 0. The minimum absolute atomic E-state index is 0.137. The van der Waals surface area contributed by atoms with Gasteiger partial charge >= 0.3 is 12.1 Å². The first-order valence-electron chi connectivity index (χ1n) is 7.44. The largest absolute Gasteiger partial charge is 0.466 e. The monoisotopic (exact) mass is 285 g/mol. The number of carbonyl (C=O) groups excluding carboxylic acids is 2. The van der Waals surface area contributed by atoms with Gasteiger partial charge in [0.1, 0.15) is 5.60 Å². The first-order chi connectivity index (χ1) is 9.31. The van der Waals surface area contributed by atoms with Crippen molar-refractivity contribution in [2.45, 2.75) is 59.0 Å². The fraction of sp³-hybridized carbons (Fsp3) is 0.867. The SMILES string of the molecule is CCOC(=O)CC1CCCC1CNC(=O)OC(C)(C)C. The predicted octanol–water partition coefficient (Wildman–Crippen LogP) is 2.88. The summed E-state index contributed by atoms with van der Waals surface area (Å²) in [6.45, 7) is 8.32. The van der Waals surface area contributed by atoms with Crippen LogP contribution < -0.4 is 5.32 Å². The summed E-state index contributed by atoms with van der Waals surface area (Å²) >= 11 is 0. The molecule has 2 atom stereocenters. The summed E-state index contributed by atoms with van der Waals surface area (Å²) in [4.78, 5) is 23.2. The third-order valence-electron chi connectivity index (χ3n) is 3.46. The molecule has 5 heteroatoms. The normalized spacial score (nSPS) is 22.4. The van der Waals surface area contributed by atoms with Gasteiger partial charge in [-0.3, -0.25) is 4.79 Å². The smallest absolute Gasteiger partial charge is 0.407 e. The van der Waals surface area contributed by atoms with Gasteiger partial charge in [0.15, 0.2) is 0 Å². The van der Waals surface area contributed by atoms with E-state index in [-0.39, 0.29) is 12.1 Å². The van der Waals surface area contributed by atoms with Crippen LogP contribution in [-0.2, 0) is 14.3 Å². The lowest BCUT2D eigenvalue weighted by Gasteiger charge is -2.22. The van der Waals surface area contributed by atoms with Crippen molar-refractivity contribution in [1.82, 2.24) is 5.32 Å². The van der Waals surface area contributed by atoms with Gasteiger partial charge < -0.3 is 14.8 Å². The summed E-state index contributed by atoms with van der Waals surface area (Å²) in [6.07, 6.45) is 3.23. The Kier molecular flexibility index (Phi) is 6.30. The molecule has 5 nitrogen and oxygen atoms in total. The highest BCUT2D eigenvalue weighted by Crippen LogP contribution is 2.33. The van der Waals surface area contributed by atoms with Crippen LogP contribution >= 0.6 is 0 Å². The van der Waals surface area contributed by atoms with Crippen molar-refractivity contribution < 1.29 is 19.1 Å². The van der Waals surface area contributed by atoms with E-state index in [0.29, 0.717) is 31.4 Å². The van der Waals surface area contributed by atoms with Gasteiger partial charge in [-0.2, -0.15) is 0 Å². The molecule has 1 fully saturated rings. The van der Waals surface area contributed by atoms with Crippen LogP contribution in [0, 0.1) is 11.8 Å². The van der Waals surface area contributed by atoms with Gasteiger partial charge in [0, 0.05) is 13.0 Å². The fourth-order valence-electron chi connectivity index (χ4n) is 2.61. The molecule has 0 aromatic rings. The van der Waals surface area contributed by atoms with Crippen molar-refractivity contribution in [1.29, 1.82) is 0 Å². The maximum absolute atomic E-state index is 11.6. The molecule has 20 heavy (non-hydrogen) atoms. The molecular formula is C15H27NO4. The van der Waals surface area contributed by atoms with E-state index < -0.39 is 5.60 Å². The van der Waals surface area contributed by atoms with Crippen molar-refractivity contribution in [3.63, 3.8) is 0 Å². The Hall–Kier alpha value is -1.26. The molecule has 2 unspecified atom stereocenters. The molecular weight excluding hydrogens is 258 g/mol. The number of hydrogen-bond donors (Lipinski definition) is 1. The van der Waals surface area contributed by atoms with Crippen LogP contribution in [0.4, 0.5) is 4.79 Å². The van der Waals surface area contributed by atoms with Gasteiger partial charge in [0.2, 0.25) is 0 Å². The molecule has 1 aliphatic carbocycles. The van der Waals surface area contributed by atoms with Crippen LogP contribution in [0.3, 0.4) is 0 Å². The number of amides is 1. The highest BCUT2D eigenvalue weighted by Gasteiger charge is 2.30. The van der Waals surface area contributed by atoms with E-state index in [1.165, 1.54) is 0 Å². The summed E-state index contributed by atoms with van der Waals surface area (Å²) in [7, 11) is 0. The molecule has 1 aliphatic rings. The maximum Gasteiger partial charge on any atom is 0.407 e. The van der Waals surface area contributed by atoms with Gasteiger partial charge in [-0.1, -0.05) is 6.42 Å². The molecule has 1 amide bonds. The second-order valence-corrected chi connectivity index (χ2v) is 6.34. The molecule has 1 N–H and O–H groups in total. The molecule has 116 valence electrons. The number of hydrogen-bond acceptors (Lipinski definition) is 4. The van der Waals surface area contributed by atoms with E-state index in [1.807, 2.05) is 27.7 Å². The van der Waals surface area contributed by atoms with Crippen molar-refractivity contribution in [2.75, 3.05) is 13.2 Å². The number of alkyl carbamates (subject to hydrolysis) is 1. The van der Waals surface area contributed by atoms with Crippen LogP contribution in [0.25, 0.3) is 0 Å². The molecule has 0 aromatic carbocycles. The topological polar surface area (TPSA) is 64.6 Å². The number of esters is 1. The molecule has 0 spiro atoms. The zero-order valence-electron chi connectivity index (χ0n) is 13.0. The minimum Gasteiger partial charge on any atom is -0.466 e. The van der Waals surface area contributed by atoms with Crippen molar-refractivity contribution >= 4 is 12.1 Å². The van der Waals surface area contributed by atoms with E-state index >= 15 is 0 Å². The molecule has 0 bridgehead atoms. The lowest BCUT2D eigenvalue weighted by atomic mass is 9.93. The average molecular weight is 285 g/mol. The van der Waals surface area contributed by atoms with Crippen molar-refractivity contribution in [2.24, 2.45) is 11.8 Å². The van der Waals surface area contributed by atoms with E-state index in [2.05, 4.69) is 5.32 Å². The second-order valence-electron chi connectivity index (χ2n) is 6.34. The van der Waals surface area contributed by atoms with Gasteiger partial charge in [-0.05, 0) is 52.4 Å². The Morgan fingerprint density at radius 1 is 1.20 bits per heavy atom. The average Bonchev–Trinajstić information content (AvgIpc) is 2.71. The number of rotatable bonds is 5. The van der Waals surface area contributed by atoms with Gasteiger partial charge in [-0.15, -0.1) is 0 Å². The zero-order valence-corrected chi connectivity index (χ0v) is 13.0. The van der Waals surface area contributed by atoms with Crippen molar-refractivity contribution in [3.8, 4) is 0 Å². The Morgan fingerprint density at radius 2 is 1.85 bits per heavy atom. The van der Waals surface area contributed by atoms with E-state index in [9.17, 15) is 9.59 Å². The molecule has 1 saturated carbocycles. The molecule has 0 radical (unpaired) electrons. The first kappa shape index (κ1) is 16.8. The Balaban J connectivity index is 2.35. The molecule has 0 heterocycles. The number of nitrogens with one attached hydrogen (secondary N) is 1. The summed E-state index contributed by atoms with van der Waals surface area (Å²) in [5.74, 6) is 0.512. The van der Waals surface area contributed by atoms with Crippen LogP contribution in [0.15, 0.2) is 0 Å². The molecule has 1 rings (SSSR count). The Labute approximate surface area is 121 Å².